The minimum absolute atomic E-state index is 0.0673. The summed E-state index contributed by atoms with van der Waals surface area (Å²) in [5, 5.41) is 0. The highest BCUT2D eigenvalue weighted by Crippen LogP contribution is 2.38. The van der Waals surface area contributed by atoms with E-state index in [2.05, 4.69) is 6.92 Å². The molecule has 0 aliphatic heterocycles. The second-order valence-corrected chi connectivity index (χ2v) is 9.26. The van der Waals surface area contributed by atoms with Crippen LogP contribution in [-0.2, 0) is 10.1 Å². The van der Waals surface area contributed by atoms with E-state index in [0.29, 0.717) is 11.8 Å². The van der Waals surface area contributed by atoms with Crippen LogP contribution in [0.3, 0.4) is 0 Å². The zero-order chi connectivity index (χ0) is 20.9. The molecule has 0 spiro atoms. The molecule has 0 aliphatic carbocycles. The first-order valence-corrected chi connectivity index (χ1v) is 11.4. The van der Waals surface area contributed by atoms with Gasteiger partial charge in [-0.25, -0.2) is 17.6 Å². The molecule has 0 heterocycles. The Bertz CT molecular complexity index is 724. The van der Waals surface area contributed by atoms with E-state index in [9.17, 15) is 26.0 Å². The van der Waals surface area contributed by atoms with Crippen LogP contribution in [0, 0.1) is 41.0 Å². The molecule has 0 bridgehead atoms. The van der Waals surface area contributed by atoms with Crippen LogP contribution in [0.15, 0.2) is 9.79 Å². The highest BCUT2D eigenvalue weighted by molar-refractivity contribution is 7.99. The summed E-state index contributed by atoms with van der Waals surface area (Å²) in [4.78, 5) is -2.91. The van der Waals surface area contributed by atoms with Crippen molar-refractivity contribution in [3.8, 4) is 0 Å². The molecule has 0 radical (unpaired) electrons. The van der Waals surface area contributed by atoms with E-state index in [4.69, 9.17) is 4.55 Å². The molecule has 0 aromatic heterocycles. The van der Waals surface area contributed by atoms with Gasteiger partial charge in [0.2, 0.25) is 0 Å². The molecule has 1 rings (SSSR count). The second-order valence-electron chi connectivity index (χ2n) is 6.87. The van der Waals surface area contributed by atoms with Crippen molar-refractivity contribution in [2.24, 2.45) is 17.8 Å². The lowest BCUT2D eigenvalue weighted by Gasteiger charge is -2.29. The van der Waals surface area contributed by atoms with Crippen LogP contribution in [0.25, 0.3) is 0 Å². The summed E-state index contributed by atoms with van der Waals surface area (Å²) in [6, 6.07) is 0. The molecule has 3 atom stereocenters. The Labute approximate surface area is 162 Å². The fraction of sp³-hybridized carbons (Fsp3) is 0.667. The molecule has 3 nitrogen and oxygen atoms in total. The maximum absolute atomic E-state index is 14.2. The van der Waals surface area contributed by atoms with E-state index in [1.165, 1.54) is 0 Å². The summed E-state index contributed by atoms with van der Waals surface area (Å²) < 4.78 is 87.1. The second kappa shape index (κ2) is 10.1. The zero-order valence-corrected chi connectivity index (χ0v) is 17.5. The van der Waals surface area contributed by atoms with Gasteiger partial charge in [0.05, 0.1) is 4.90 Å². The van der Waals surface area contributed by atoms with Crippen LogP contribution >= 0.6 is 11.8 Å². The SMILES string of the molecule is CCCCC(C)C(CSc1c(F)c(F)c(S(=O)(=O)O)c(F)c1F)C(C)CC. The maximum atomic E-state index is 14.2. The smallest absolute Gasteiger partial charge is 0.282 e. The summed E-state index contributed by atoms with van der Waals surface area (Å²) in [5.41, 5.74) is 0. The van der Waals surface area contributed by atoms with Crippen LogP contribution in [-0.4, -0.2) is 18.7 Å². The summed E-state index contributed by atoms with van der Waals surface area (Å²) >= 11 is 0.628. The number of hydrogen-bond donors (Lipinski definition) is 1. The molecule has 0 aliphatic rings. The minimum Gasteiger partial charge on any atom is -0.282 e. The van der Waals surface area contributed by atoms with Crippen LogP contribution in [0.5, 0.6) is 0 Å². The summed E-state index contributed by atoms with van der Waals surface area (Å²) in [6.07, 6.45) is 3.80. The largest absolute Gasteiger partial charge is 0.300 e. The van der Waals surface area contributed by atoms with Crippen molar-refractivity contribution < 1.29 is 30.5 Å². The average Bonchev–Trinajstić information content (AvgIpc) is 2.59. The molecule has 1 N–H and O–H groups in total. The molecular weight excluding hydrogens is 404 g/mol. The van der Waals surface area contributed by atoms with Crippen molar-refractivity contribution in [1.82, 2.24) is 0 Å². The zero-order valence-electron chi connectivity index (χ0n) is 15.9. The third-order valence-electron chi connectivity index (χ3n) is 4.98. The third-order valence-corrected chi connectivity index (χ3v) is 7.05. The minimum atomic E-state index is -5.44. The number of halogens is 4. The molecule has 1 aromatic rings. The number of unbranched alkanes of at least 4 members (excludes halogenated alkanes) is 1. The van der Waals surface area contributed by atoms with Gasteiger partial charge in [0.25, 0.3) is 0 Å². The molecule has 0 fully saturated rings. The topological polar surface area (TPSA) is 54.4 Å². The van der Waals surface area contributed by atoms with Gasteiger partial charge < -0.3 is 0 Å². The van der Waals surface area contributed by atoms with Gasteiger partial charge in [-0.05, 0) is 17.8 Å². The van der Waals surface area contributed by atoms with Crippen LogP contribution in [0.2, 0.25) is 0 Å². The first-order valence-electron chi connectivity index (χ1n) is 8.93. The van der Waals surface area contributed by atoms with Gasteiger partial charge in [-0.3, -0.25) is 4.55 Å². The Hall–Kier alpha value is -0.800. The summed E-state index contributed by atoms with van der Waals surface area (Å²) in [7, 11) is -5.44. The van der Waals surface area contributed by atoms with Gasteiger partial charge >= 0.3 is 10.1 Å². The van der Waals surface area contributed by atoms with Gasteiger partial charge in [0, 0.05) is 5.75 Å². The van der Waals surface area contributed by atoms with Crippen LogP contribution < -0.4 is 0 Å². The first-order chi connectivity index (χ1) is 12.5. The molecule has 9 heteroatoms. The highest BCUT2D eigenvalue weighted by Gasteiger charge is 2.33. The quantitative estimate of drug-likeness (QED) is 0.212. The summed E-state index contributed by atoms with van der Waals surface area (Å²) in [6.45, 7) is 8.12. The van der Waals surface area contributed by atoms with Crippen molar-refractivity contribution >= 4 is 21.9 Å². The maximum Gasteiger partial charge on any atom is 0.300 e. The van der Waals surface area contributed by atoms with Crippen LogP contribution in [0.1, 0.15) is 53.4 Å². The number of rotatable bonds is 10. The lowest BCUT2D eigenvalue weighted by Crippen LogP contribution is -2.22. The molecule has 27 heavy (non-hydrogen) atoms. The molecule has 156 valence electrons. The van der Waals surface area contributed by atoms with E-state index in [1.807, 2.05) is 20.8 Å². The van der Waals surface area contributed by atoms with E-state index in [0.717, 1.165) is 25.7 Å². The third kappa shape index (κ3) is 5.84. The highest BCUT2D eigenvalue weighted by atomic mass is 32.2. The standard InChI is InChI=1S/C18H26F4O3S2/c1-5-7-8-11(4)12(10(3)6-2)9-26-17-13(19)15(21)18(27(23,24)25)16(22)14(17)20/h10-12H,5-9H2,1-4H3,(H,23,24,25). The van der Waals surface area contributed by atoms with Gasteiger partial charge in [0.15, 0.2) is 28.2 Å². The Morgan fingerprint density at radius 1 is 0.963 bits per heavy atom. The van der Waals surface area contributed by atoms with Crippen LogP contribution in [0.4, 0.5) is 17.6 Å². The van der Waals surface area contributed by atoms with Crippen molar-refractivity contribution in [3.63, 3.8) is 0 Å². The molecule has 3 unspecified atom stereocenters. The van der Waals surface area contributed by atoms with Gasteiger partial charge in [-0.15, -0.1) is 11.8 Å². The fourth-order valence-corrected chi connectivity index (χ4v) is 5.14. The lowest BCUT2D eigenvalue weighted by atomic mass is 9.81. The predicted molar refractivity (Wildman–Crippen MR) is 98.4 cm³/mol. The van der Waals surface area contributed by atoms with E-state index in [-0.39, 0.29) is 23.5 Å². The van der Waals surface area contributed by atoms with E-state index in [1.54, 1.807) is 0 Å². The Balaban J connectivity index is 3.20. The van der Waals surface area contributed by atoms with E-state index < -0.39 is 43.2 Å². The number of thioether (sulfide) groups is 1. The van der Waals surface area contributed by atoms with Crippen molar-refractivity contribution in [3.05, 3.63) is 23.3 Å². The number of benzene rings is 1. The molecule has 0 amide bonds. The summed E-state index contributed by atoms with van der Waals surface area (Å²) in [5.74, 6) is -7.05. The van der Waals surface area contributed by atoms with Gasteiger partial charge in [-0.1, -0.05) is 53.4 Å². The Morgan fingerprint density at radius 3 is 1.89 bits per heavy atom. The normalized spacial score (nSPS) is 15.6. The van der Waals surface area contributed by atoms with Gasteiger partial charge in [0.1, 0.15) is 0 Å². The molecule has 1 aromatic carbocycles. The first kappa shape index (κ1) is 24.2. The number of hydrogen-bond acceptors (Lipinski definition) is 3. The van der Waals surface area contributed by atoms with Crippen molar-refractivity contribution in [2.45, 2.75) is 63.2 Å². The van der Waals surface area contributed by atoms with Crippen molar-refractivity contribution in [2.75, 3.05) is 5.75 Å². The average molecular weight is 431 g/mol. The fourth-order valence-electron chi connectivity index (χ4n) is 3.06. The van der Waals surface area contributed by atoms with E-state index >= 15 is 0 Å². The lowest BCUT2D eigenvalue weighted by molar-refractivity contribution is 0.261. The Morgan fingerprint density at radius 2 is 1.48 bits per heavy atom. The predicted octanol–water partition coefficient (Wildman–Crippen LogP) is 6.07. The molecule has 0 saturated heterocycles. The van der Waals surface area contributed by atoms with Gasteiger partial charge in [-0.2, -0.15) is 8.42 Å². The monoisotopic (exact) mass is 430 g/mol. The molecule has 0 saturated carbocycles. The van der Waals surface area contributed by atoms with Crippen molar-refractivity contribution in [1.29, 1.82) is 0 Å². The molecular formula is C18H26F4O3S2. The Kier molecular flexibility index (Phi) is 9.08.